The molecule has 80 valence electrons. The van der Waals surface area contributed by atoms with E-state index < -0.39 is 5.60 Å². The SMILES string of the molecule is CC(C)(C)C1(C=O)Cc2ccccc2O1. The van der Waals surface area contributed by atoms with Gasteiger partial charge in [0.2, 0.25) is 0 Å². The summed E-state index contributed by atoms with van der Waals surface area (Å²) in [6, 6.07) is 7.85. The van der Waals surface area contributed by atoms with Gasteiger partial charge in [-0.2, -0.15) is 0 Å². The molecule has 2 heteroatoms. The molecule has 2 nitrogen and oxygen atoms in total. The van der Waals surface area contributed by atoms with Crippen molar-refractivity contribution in [1.82, 2.24) is 0 Å². The topological polar surface area (TPSA) is 26.3 Å². The minimum atomic E-state index is -0.698. The summed E-state index contributed by atoms with van der Waals surface area (Å²) >= 11 is 0. The summed E-state index contributed by atoms with van der Waals surface area (Å²) in [5, 5.41) is 0. The van der Waals surface area contributed by atoms with Crippen molar-refractivity contribution >= 4 is 6.29 Å². The summed E-state index contributed by atoms with van der Waals surface area (Å²) in [6.07, 6.45) is 1.63. The molecular formula is C13H16O2. The largest absolute Gasteiger partial charge is 0.479 e. The van der Waals surface area contributed by atoms with Gasteiger partial charge in [0.1, 0.15) is 5.75 Å². The average molecular weight is 204 g/mol. The van der Waals surface area contributed by atoms with Gasteiger partial charge >= 0.3 is 0 Å². The number of rotatable bonds is 1. The Bertz CT molecular complexity index is 363. The van der Waals surface area contributed by atoms with Crippen molar-refractivity contribution in [2.24, 2.45) is 5.41 Å². The Morgan fingerprint density at radius 3 is 2.53 bits per heavy atom. The van der Waals surface area contributed by atoms with Gasteiger partial charge in [0.05, 0.1) is 0 Å². The van der Waals surface area contributed by atoms with Crippen LogP contribution in [0.2, 0.25) is 0 Å². The lowest BCUT2D eigenvalue weighted by atomic mass is 9.75. The summed E-state index contributed by atoms with van der Waals surface area (Å²) in [6.45, 7) is 6.10. The summed E-state index contributed by atoms with van der Waals surface area (Å²) in [7, 11) is 0. The molecule has 15 heavy (non-hydrogen) atoms. The third kappa shape index (κ3) is 1.44. The first kappa shape index (κ1) is 10.2. The molecule has 0 spiro atoms. The summed E-state index contributed by atoms with van der Waals surface area (Å²) < 4.78 is 5.84. The van der Waals surface area contributed by atoms with Crippen molar-refractivity contribution in [3.05, 3.63) is 29.8 Å². The second-order valence-electron chi connectivity index (χ2n) is 5.14. The molecule has 1 aliphatic rings. The highest BCUT2D eigenvalue weighted by Gasteiger charge is 2.48. The number of fused-ring (bicyclic) bond motifs is 1. The van der Waals surface area contributed by atoms with Gasteiger partial charge in [-0.3, -0.25) is 4.79 Å². The standard InChI is InChI=1S/C13H16O2/c1-12(2,3)13(9-14)8-10-6-4-5-7-11(10)15-13/h4-7,9H,8H2,1-3H3. The third-order valence-electron chi connectivity index (χ3n) is 3.18. The molecule has 0 N–H and O–H groups in total. The molecule has 0 saturated heterocycles. The molecule has 0 amide bonds. The predicted octanol–water partition coefficient (Wildman–Crippen LogP) is 2.61. The summed E-state index contributed by atoms with van der Waals surface area (Å²) in [5.74, 6) is 0.847. The molecule has 2 rings (SSSR count). The Morgan fingerprint density at radius 2 is 2.00 bits per heavy atom. The molecule has 0 aromatic heterocycles. The van der Waals surface area contributed by atoms with Crippen molar-refractivity contribution in [3.8, 4) is 5.75 Å². The average Bonchev–Trinajstić information content (AvgIpc) is 2.56. The van der Waals surface area contributed by atoms with Crippen LogP contribution >= 0.6 is 0 Å². The lowest BCUT2D eigenvalue weighted by molar-refractivity contribution is -0.128. The first-order chi connectivity index (χ1) is 6.98. The van der Waals surface area contributed by atoms with E-state index in [4.69, 9.17) is 4.74 Å². The maximum atomic E-state index is 11.3. The van der Waals surface area contributed by atoms with E-state index in [0.29, 0.717) is 6.42 Å². The van der Waals surface area contributed by atoms with Crippen LogP contribution in [0, 0.1) is 5.41 Å². The molecule has 0 bridgehead atoms. The Balaban J connectivity index is 2.42. The molecule has 0 radical (unpaired) electrons. The van der Waals surface area contributed by atoms with Crippen molar-refractivity contribution < 1.29 is 9.53 Å². The fraction of sp³-hybridized carbons (Fsp3) is 0.462. The Hall–Kier alpha value is -1.31. The zero-order valence-corrected chi connectivity index (χ0v) is 9.41. The number of hydrogen-bond acceptors (Lipinski definition) is 2. The predicted molar refractivity (Wildman–Crippen MR) is 59.0 cm³/mol. The highest BCUT2D eigenvalue weighted by molar-refractivity contribution is 5.68. The van der Waals surface area contributed by atoms with Gasteiger partial charge < -0.3 is 4.74 Å². The normalized spacial score (nSPS) is 24.5. The molecule has 0 aliphatic carbocycles. The highest BCUT2D eigenvalue weighted by Crippen LogP contribution is 2.43. The Morgan fingerprint density at radius 1 is 1.33 bits per heavy atom. The molecule has 1 aromatic carbocycles. The molecular weight excluding hydrogens is 188 g/mol. The van der Waals surface area contributed by atoms with E-state index in [2.05, 4.69) is 0 Å². The number of aldehydes is 1. The molecule has 1 heterocycles. The number of benzene rings is 1. The van der Waals surface area contributed by atoms with Gasteiger partial charge in [-0.05, 0) is 11.6 Å². The van der Waals surface area contributed by atoms with Gasteiger partial charge in [-0.25, -0.2) is 0 Å². The third-order valence-corrected chi connectivity index (χ3v) is 3.18. The van der Waals surface area contributed by atoms with Crippen molar-refractivity contribution in [2.75, 3.05) is 0 Å². The number of hydrogen-bond donors (Lipinski definition) is 0. The molecule has 1 aromatic rings. The quantitative estimate of drug-likeness (QED) is 0.657. The fourth-order valence-electron chi connectivity index (χ4n) is 1.93. The van der Waals surface area contributed by atoms with Crippen LogP contribution in [0.1, 0.15) is 26.3 Å². The van der Waals surface area contributed by atoms with Crippen LogP contribution in [0.25, 0.3) is 0 Å². The zero-order chi connectivity index (χ0) is 11.1. The van der Waals surface area contributed by atoms with E-state index in [1.807, 2.05) is 45.0 Å². The van der Waals surface area contributed by atoms with E-state index in [9.17, 15) is 4.79 Å². The van der Waals surface area contributed by atoms with Crippen molar-refractivity contribution in [2.45, 2.75) is 32.8 Å². The summed E-state index contributed by atoms with van der Waals surface area (Å²) in [4.78, 5) is 11.3. The van der Waals surface area contributed by atoms with Crippen molar-refractivity contribution in [1.29, 1.82) is 0 Å². The van der Waals surface area contributed by atoms with E-state index in [1.165, 1.54) is 0 Å². The molecule has 1 unspecified atom stereocenters. The van der Waals surface area contributed by atoms with Crippen molar-refractivity contribution in [3.63, 3.8) is 0 Å². The fourth-order valence-corrected chi connectivity index (χ4v) is 1.93. The molecule has 0 saturated carbocycles. The van der Waals surface area contributed by atoms with Gasteiger partial charge in [0.15, 0.2) is 11.9 Å². The van der Waals surface area contributed by atoms with Crippen LogP contribution in [0.15, 0.2) is 24.3 Å². The lowest BCUT2D eigenvalue weighted by Crippen LogP contribution is -2.48. The van der Waals surface area contributed by atoms with Crippen LogP contribution in [-0.4, -0.2) is 11.9 Å². The Labute approximate surface area is 90.3 Å². The maximum absolute atomic E-state index is 11.3. The van der Waals surface area contributed by atoms with Gasteiger partial charge in [0, 0.05) is 11.8 Å². The first-order valence-corrected chi connectivity index (χ1v) is 5.22. The maximum Gasteiger partial charge on any atom is 0.173 e. The van der Waals surface area contributed by atoms with E-state index in [1.54, 1.807) is 0 Å². The number of para-hydroxylation sites is 1. The lowest BCUT2D eigenvalue weighted by Gasteiger charge is -2.35. The Kier molecular flexibility index (Phi) is 2.10. The second-order valence-corrected chi connectivity index (χ2v) is 5.14. The number of carbonyl (C=O) groups is 1. The van der Waals surface area contributed by atoms with Gasteiger partial charge in [0.25, 0.3) is 0 Å². The van der Waals surface area contributed by atoms with Crippen LogP contribution in [0.4, 0.5) is 0 Å². The van der Waals surface area contributed by atoms with E-state index >= 15 is 0 Å². The molecule has 1 aliphatic heterocycles. The van der Waals surface area contributed by atoms with Gasteiger partial charge in [-0.15, -0.1) is 0 Å². The zero-order valence-electron chi connectivity index (χ0n) is 9.41. The smallest absolute Gasteiger partial charge is 0.173 e. The van der Waals surface area contributed by atoms with Crippen LogP contribution in [0.3, 0.4) is 0 Å². The second kappa shape index (κ2) is 3.09. The molecule has 0 fully saturated rings. The van der Waals surface area contributed by atoms with Crippen LogP contribution < -0.4 is 4.74 Å². The van der Waals surface area contributed by atoms with Crippen LogP contribution in [-0.2, 0) is 11.2 Å². The number of carbonyl (C=O) groups excluding carboxylic acids is 1. The number of ether oxygens (including phenoxy) is 1. The minimum absolute atomic E-state index is 0.187. The monoisotopic (exact) mass is 204 g/mol. The highest BCUT2D eigenvalue weighted by atomic mass is 16.5. The van der Waals surface area contributed by atoms with E-state index in [0.717, 1.165) is 17.6 Å². The van der Waals surface area contributed by atoms with Gasteiger partial charge in [-0.1, -0.05) is 39.0 Å². The molecule has 1 atom stereocenters. The first-order valence-electron chi connectivity index (χ1n) is 5.22. The van der Waals surface area contributed by atoms with E-state index in [-0.39, 0.29) is 5.41 Å². The summed E-state index contributed by atoms with van der Waals surface area (Å²) in [5.41, 5.74) is 0.240. The van der Waals surface area contributed by atoms with Crippen LogP contribution in [0.5, 0.6) is 5.75 Å². The minimum Gasteiger partial charge on any atom is -0.479 e.